The van der Waals surface area contributed by atoms with Crippen molar-refractivity contribution in [1.82, 2.24) is 19.8 Å². The monoisotopic (exact) mass is 298 g/mol. The summed E-state index contributed by atoms with van der Waals surface area (Å²) in [5.41, 5.74) is -0.275. The van der Waals surface area contributed by atoms with Gasteiger partial charge in [0.25, 0.3) is 0 Å². The van der Waals surface area contributed by atoms with Crippen LogP contribution in [0.4, 0.5) is 0 Å². The number of unbranched alkanes of at least 4 members (excludes halogenated alkanes) is 1. The molecule has 1 aliphatic heterocycles. The van der Waals surface area contributed by atoms with Crippen molar-refractivity contribution in [2.24, 2.45) is 0 Å². The van der Waals surface area contributed by atoms with Crippen molar-refractivity contribution < 1.29 is 14.3 Å². The van der Waals surface area contributed by atoms with Gasteiger partial charge in [-0.1, -0.05) is 13.3 Å². The number of rotatable bonds is 7. The molecule has 1 aromatic heterocycles. The predicted octanol–water partition coefficient (Wildman–Crippen LogP) is 0.525. The maximum atomic E-state index is 12.1. The largest absolute Gasteiger partial charge is 0.466 e. The molecular formula is C13H22N4O4. The normalized spacial score (nSPS) is 16.0. The van der Waals surface area contributed by atoms with Gasteiger partial charge in [-0.3, -0.25) is 4.79 Å². The first-order valence-corrected chi connectivity index (χ1v) is 7.48. The second-order valence-electron chi connectivity index (χ2n) is 5.10. The standard InChI is InChI=1S/C13H22N4O4/c1-2-3-8-21-12(18)4-7-16-13(19)17(15-14-16)11-5-9-20-10-6-11/h11H,2-10H2,1H3. The lowest BCUT2D eigenvalue weighted by Crippen LogP contribution is -2.32. The van der Waals surface area contributed by atoms with Crippen LogP contribution in [0.2, 0.25) is 0 Å². The Morgan fingerprint density at radius 1 is 1.38 bits per heavy atom. The summed E-state index contributed by atoms with van der Waals surface area (Å²) in [6, 6.07) is 0.0384. The number of tetrazole rings is 1. The Morgan fingerprint density at radius 2 is 2.14 bits per heavy atom. The molecule has 0 saturated carbocycles. The number of nitrogens with zero attached hydrogens (tertiary/aromatic N) is 4. The molecule has 0 unspecified atom stereocenters. The van der Waals surface area contributed by atoms with Crippen LogP contribution < -0.4 is 5.69 Å². The SMILES string of the molecule is CCCCOC(=O)CCn1nnn(C2CCOCC2)c1=O. The third kappa shape index (κ3) is 4.38. The van der Waals surface area contributed by atoms with E-state index in [1.54, 1.807) is 0 Å². The highest BCUT2D eigenvalue weighted by Crippen LogP contribution is 2.17. The molecule has 0 radical (unpaired) electrons. The number of hydrogen-bond acceptors (Lipinski definition) is 6. The predicted molar refractivity (Wildman–Crippen MR) is 73.9 cm³/mol. The van der Waals surface area contributed by atoms with E-state index in [9.17, 15) is 9.59 Å². The van der Waals surface area contributed by atoms with Crippen LogP contribution in [-0.2, 0) is 20.8 Å². The van der Waals surface area contributed by atoms with E-state index in [2.05, 4.69) is 10.4 Å². The van der Waals surface area contributed by atoms with E-state index in [-0.39, 0.29) is 30.7 Å². The number of aromatic nitrogens is 4. The van der Waals surface area contributed by atoms with Crippen molar-refractivity contribution in [1.29, 1.82) is 0 Å². The minimum Gasteiger partial charge on any atom is -0.466 e. The zero-order valence-corrected chi connectivity index (χ0v) is 12.4. The van der Waals surface area contributed by atoms with Crippen molar-refractivity contribution in [3.05, 3.63) is 10.5 Å². The molecule has 0 atom stereocenters. The molecule has 8 heteroatoms. The first-order chi connectivity index (χ1) is 10.2. The molecule has 2 rings (SSSR count). The Hall–Kier alpha value is -1.70. The summed E-state index contributed by atoms with van der Waals surface area (Å²) in [6.07, 6.45) is 3.49. The third-order valence-electron chi connectivity index (χ3n) is 3.49. The van der Waals surface area contributed by atoms with E-state index in [1.807, 2.05) is 6.92 Å². The fourth-order valence-corrected chi connectivity index (χ4v) is 2.19. The van der Waals surface area contributed by atoms with E-state index in [4.69, 9.17) is 9.47 Å². The Kier molecular flexibility index (Phi) is 5.91. The minimum atomic E-state index is -0.309. The van der Waals surface area contributed by atoms with Crippen LogP contribution in [0.15, 0.2) is 4.79 Å². The fraction of sp³-hybridized carbons (Fsp3) is 0.846. The Labute approximate surface area is 123 Å². The van der Waals surface area contributed by atoms with Crippen LogP contribution in [0.3, 0.4) is 0 Å². The number of carbonyl (C=O) groups excluding carboxylic acids is 1. The van der Waals surface area contributed by atoms with Gasteiger partial charge < -0.3 is 9.47 Å². The van der Waals surface area contributed by atoms with Crippen molar-refractivity contribution in [2.75, 3.05) is 19.8 Å². The van der Waals surface area contributed by atoms with Crippen molar-refractivity contribution in [2.45, 2.75) is 51.6 Å². The molecule has 0 bridgehead atoms. The highest BCUT2D eigenvalue weighted by Gasteiger charge is 2.20. The summed E-state index contributed by atoms with van der Waals surface area (Å²) in [6.45, 7) is 3.93. The van der Waals surface area contributed by atoms with Crippen LogP contribution in [-0.4, -0.2) is 45.6 Å². The summed E-state index contributed by atoms with van der Waals surface area (Å²) < 4.78 is 12.9. The summed E-state index contributed by atoms with van der Waals surface area (Å²) in [5.74, 6) is -0.309. The summed E-state index contributed by atoms with van der Waals surface area (Å²) in [7, 11) is 0. The second kappa shape index (κ2) is 7.92. The average molecular weight is 298 g/mol. The van der Waals surface area contributed by atoms with E-state index in [0.717, 1.165) is 25.7 Å². The molecule has 0 aliphatic carbocycles. The minimum absolute atomic E-state index is 0.0384. The zero-order valence-electron chi connectivity index (χ0n) is 12.4. The van der Waals surface area contributed by atoms with Gasteiger partial charge in [0.2, 0.25) is 0 Å². The van der Waals surface area contributed by atoms with Gasteiger partial charge in [-0.2, -0.15) is 9.36 Å². The molecule has 1 aromatic rings. The highest BCUT2D eigenvalue weighted by atomic mass is 16.5. The van der Waals surface area contributed by atoms with Gasteiger partial charge in [0.15, 0.2) is 0 Å². The summed E-state index contributed by atoms with van der Waals surface area (Å²) >= 11 is 0. The van der Waals surface area contributed by atoms with Gasteiger partial charge in [0, 0.05) is 13.2 Å². The maximum absolute atomic E-state index is 12.1. The van der Waals surface area contributed by atoms with Gasteiger partial charge in [0.1, 0.15) is 0 Å². The van der Waals surface area contributed by atoms with Crippen LogP contribution in [0.1, 0.15) is 45.1 Å². The van der Waals surface area contributed by atoms with Gasteiger partial charge in [-0.05, 0) is 29.7 Å². The Morgan fingerprint density at radius 3 is 2.86 bits per heavy atom. The molecule has 0 spiro atoms. The summed E-state index contributed by atoms with van der Waals surface area (Å²) in [5, 5.41) is 7.73. The van der Waals surface area contributed by atoms with Crippen LogP contribution in [0.25, 0.3) is 0 Å². The Balaban J connectivity index is 1.85. The smallest absolute Gasteiger partial charge is 0.363 e. The van der Waals surface area contributed by atoms with E-state index < -0.39 is 0 Å². The summed E-state index contributed by atoms with van der Waals surface area (Å²) in [4.78, 5) is 23.7. The molecule has 8 nitrogen and oxygen atoms in total. The van der Waals surface area contributed by atoms with Gasteiger partial charge in [-0.25, -0.2) is 4.79 Å². The van der Waals surface area contributed by atoms with Crippen molar-refractivity contribution >= 4 is 5.97 Å². The molecule has 0 aromatic carbocycles. The lowest BCUT2D eigenvalue weighted by atomic mass is 10.1. The molecule has 21 heavy (non-hydrogen) atoms. The van der Waals surface area contributed by atoms with E-state index >= 15 is 0 Å². The van der Waals surface area contributed by atoms with Gasteiger partial charge in [-0.15, -0.1) is 0 Å². The lowest BCUT2D eigenvalue weighted by Gasteiger charge is -2.20. The van der Waals surface area contributed by atoms with E-state index in [1.165, 1.54) is 9.36 Å². The van der Waals surface area contributed by atoms with Crippen molar-refractivity contribution in [3.8, 4) is 0 Å². The van der Waals surface area contributed by atoms with Gasteiger partial charge in [0.05, 0.1) is 25.6 Å². The first kappa shape index (κ1) is 15.7. The molecule has 1 aliphatic rings. The second-order valence-corrected chi connectivity index (χ2v) is 5.10. The lowest BCUT2D eigenvalue weighted by molar-refractivity contribution is -0.144. The molecular weight excluding hydrogens is 276 g/mol. The molecule has 1 fully saturated rings. The number of esters is 1. The average Bonchev–Trinajstić information content (AvgIpc) is 2.87. The van der Waals surface area contributed by atoms with Crippen molar-refractivity contribution in [3.63, 3.8) is 0 Å². The third-order valence-corrected chi connectivity index (χ3v) is 3.49. The molecule has 0 amide bonds. The van der Waals surface area contributed by atoms with E-state index in [0.29, 0.717) is 19.8 Å². The Bertz CT molecular complexity index is 505. The number of aryl methyl sites for hydroxylation is 1. The number of ether oxygens (including phenoxy) is 2. The fourth-order valence-electron chi connectivity index (χ4n) is 2.19. The number of hydrogen-bond donors (Lipinski definition) is 0. The molecule has 0 N–H and O–H groups in total. The van der Waals surface area contributed by atoms with Crippen LogP contribution in [0.5, 0.6) is 0 Å². The highest BCUT2D eigenvalue weighted by molar-refractivity contribution is 5.69. The van der Waals surface area contributed by atoms with Gasteiger partial charge >= 0.3 is 11.7 Å². The molecule has 1 saturated heterocycles. The molecule has 2 heterocycles. The van der Waals surface area contributed by atoms with Crippen LogP contribution >= 0.6 is 0 Å². The van der Waals surface area contributed by atoms with Crippen LogP contribution in [0, 0.1) is 0 Å². The quantitative estimate of drug-likeness (QED) is 0.539. The number of carbonyl (C=O) groups is 1. The zero-order chi connectivity index (χ0) is 15.1. The molecule has 118 valence electrons. The first-order valence-electron chi connectivity index (χ1n) is 7.48. The maximum Gasteiger partial charge on any atom is 0.363 e. The topological polar surface area (TPSA) is 88.2 Å².